The van der Waals surface area contributed by atoms with E-state index in [4.69, 9.17) is 5.84 Å². The van der Waals surface area contributed by atoms with E-state index in [1.807, 2.05) is 5.53 Å². The van der Waals surface area contributed by atoms with Gasteiger partial charge in [0.25, 0.3) is 0 Å². The van der Waals surface area contributed by atoms with Crippen LogP contribution in [0.4, 0.5) is 0 Å². The third kappa shape index (κ3) is 4.42. The van der Waals surface area contributed by atoms with Crippen LogP contribution in [0.15, 0.2) is 23.8 Å². The molecule has 16 heavy (non-hydrogen) atoms. The molecular formula is C11H21N4O-. The molecule has 92 valence electrons. The Morgan fingerprint density at radius 1 is 1.56 bits per heavy atom. The van der Waals surface area contributed by atoms with Crippen LogP contribution in [0.3, 0.4) is 0 Å². The van der Waals surface area contributed by atoms with E-state index in [0.717, 1.165) is 12.8 Å². The Balaban J connectivity index is 2.64. The Morgan fingerprint density at radius 3 is 2.88 bits per heavy atom. The van der Waals surface area contributed by atoms with Crippen LogP contribution in [0.5, 0.6) is 0 Å². The summed E-state index contributed by atoms with van der Waals surface area (Å²) in [5.74, 6) is 5.01. The number of nitrogens with one attached hydrogen (secondary N) is 2. The lowest BCUT2D eigenvalue weighted by atomic mass is 9.86. The number of rotatable bonds is 3. The van der Waals surface area contributed by atoms with E-state index >= 15 is 0 Å². The predicted octanol–water partition coefficient (Wildman–Crippen LogP) is 1.36. The van der Waals surface area contributed by atoms with E-state index in [2.05, 4.69) is 44.4 Å². The summed E-state index contributed by atoms with van der Waals surface area (Å²) in [5.41, 5.74) is 6.12. The fourth-order valence-electron chi connectivity index (χ4n) is 2.05. The molecule has 1 atom stereocenters. The van der Waals surface area contributed by atoms with Gasteiger partial charge in [-0.15, -0.1) is 0 Å². The SMILES string of the molecule is CC1=CC(C)(C)C=CCC(NN([O-])NN)C1. The number of hydrazine groups is 3. The quantitative estimate of drug-likeness (QED) is 0.384. The topological polar surface area (TPSA) is 76.4 Å². The van der Waals surface area contributed by atoms with Crippen molar-refractivity contribution in [1.29, 1.82) is 0 Å². The highest BCUT2D eigenvalue weighted by molar-refractivity contribution is 5.16. The van der Waals surface area contributed by atoms with Gasteiger partial charge in [0.05, 0.1) is 0 Å². The highest BCUT2D eigenvalue weighted by Gasteiger charge is 2.16. The maximum atomic E-state index is 11.0. The molecule has 4 N–H and O–H groups in total. The smallest absolute Gasteiger partial charge is 0.0290 e. The molecule has 0 amide bonds. The van der Waals surface area contributed by atoms with Gasteiger partial charge in [-0.2, -0.15) is 5.53 Å². The van der Waals surface area contributed by atoms with Gasteiger partial charge >= 0.3 is 0 Å². The molecule has 0 spiro atoms. The molecule has 0 aliphatic heterocycles. The fourth-order valence-corrected chi connectivity index (χ4v) is 2.05. The lowest BCUT2D eigenvalue weighted by molar-refractivity contribution is 0.157. The highest BCUT2D eigenvalue weighted by Crippen LogP contribution is 2.25. The van der Waals surface area contributed by atoms with Crippen LogP contribution in [-0.2, 0) is 0 Å². The maximum Gasteiger partial charge on any atom is 0.0290 e. The normalized spacial score (nSPS) is 25.1. The summed E-state index contributed by atoms with van der Waals surface area (Å²) in [5, 5.41) is 11.5. The van der Waals surface area contributed by atoms with Gasteiger partial charge in [-0.1, -0.05) is 37.6 Å². The van der Waals surface area contributed by atoms with Crippen LogP contribution < -0.4 is 16.8 Å². The molecular weight excluding hydrogens is 204 g/mol. The molecule has 5 heteroatoms. The van der Waals surface area contributed by atoms with Crippen LogP contribution in [0, 0.1) is 10.6 Å². The Kier molecular flexibility index (Phi) is 4.64. The molecule has 0 aromatic rings. The summed E-state index contributed by atoms with van der Waals surface area (Å²) in [6.07, 6.45) is 8.14. The first-order chi connectivity index (χ1) is 7.43. The summed E-state index contributed by atoms with van der Waals surface area (Å²) >= 11 is 0. The average Bonchev–Trinajstić information content (AvgIpc) is 2.13. The average molecular weight is 225 g/mol. The molecule has 0 fully saturated rings. The molecule has 0 aromatic heterocycles. The van der Waals surface area contributed by atoms with Crippen LogP contribution in [0.1, 0.15) is 33.6 Å². The first-order valence-electron chi connectivity index (χ1n) is 5.48. The van der Waals surface area contributed by atoms with E-state index in [1.54, 1.807) is 0 Å². The van der Waals surface area contributed by atoms with Crippen molar-refractivity contribution in [2.45, 2.75) is 39.7 Å². The third-order valence-electron chi connectivity index (χ3n) is 2.57. The molecule has 1 rings (SSSR count). The minimum absolute atomic E-state index is 0.0807. The van der Waals surface area contributed by atoms with Gasteiger partial charge in [-0.05, 0) is 19.8 Å². The van der Waals surface area contributed by atoms with Crippen molar-refractivity contribution in [1.82, 2.24) is 16.2 Å². The Bertz CT molecular complexity index is 286. The zero-order valence-electron chi connectivity index (χ0n) is 10.2. The minimum atomic E-state index is 0.0807. The van der Waals surface area contributed by atoms with Crippen molar-refractivity contribution in [2.24, 2.45) is 11.3 Å². The second kappa shape index (κ2) is 5.56. The van der Waals surface area contributed by atoms with Gasteiger partial charge in [-0.25, -0.2) is 10.7 Å². The maximum absolute atomic E-state index is 11.0. The molecule has 0 radical (unpaired) electrons. The standard InChI is InChI=1S/C11H21N4O/c1-9-7-10(13-15(16)14-12)5-4-6-11(2,3)8-9/h4,6,8,10,13-14H,5,7,12H2,1-3H3/q-1. The summed E-state index contributed by atoms with van der Waals surface area (Å²) in [6.45, 7) is 6.42. The molecule has 0 heterocycles. The van der Waals surface area contributed by atoms with Gasteiger partial charge in [0.15, 0.2) is 0 Å². The summed E-state index contributed by atoms with van der Waals surface area (Å²) in [6, 6.07) is 0.0807. The molecule has 1 aliphatic rings. The number of nitrogens with zero attached hydrogens (tertiary/aromatic N) is 1. The van der Waals surface area contributed by atoms with Crippen molar-refractivity contribution < 1.29 is 0 Å². The monoisotopic (exact) mass is 225 g/mol. The molecule has 0 aromatic carbocycles. The van der Waals surface area contributed by atoms with Crippen LogP contribution in [0.2, 0.25) is 0 Å². The second-order valence-corrected chi connectivity index (χ2v) is 4.90. The lowest BCUT2D eigenvalue weighted by Crippen LogP contribution is -2.51. The van der Waals surface area contributed by atoms with E-state index in [1.165, 1.54) is 5.57 Å². The van der Waals surface area contributed by atoms with Crippen molar-refractivity contribution in [3.05, 3.63) is 29.0 Å². The van der Waals surface area contributed by atoms with Crippen LogP contribution in [0.25, 0.3) is 0 Å². The number of hydrogen-bond donors (Lipinski definition) is 3. The first-order valence-corrected chi connectivity index (χ1v) is 5.48. The fraction of sp³-hybridized carbons (Fsp3) is 0.636. The van der Waals surface area contributed by atoms with Gasteiger partial charge in [-0.3, -0.25) is 5.84 Å². The summed E-state index contributed by atoms with van der Waals surface area (Å²) in [4.78, 5) is 0. The number of nitrogens with two attached hydrogens (primary N) is 1. The molecule has 0 saturated carbocycles. The molecule has 0 bridgehead atoms. The Hall–Kier alpha value is -0.720. The van der Waals surface area contributed by atoms with Crippen molar-refractivity contribution in [3.8, 4) is 0 Å². The zero-order chi connectivity index (χ0) is 12.2. The lowest BCUT2D eigenvalue weighted by Gasteiger charge is -2.33. The van der Waals surface area contributed by atoms with Gasteiger partial charge in [0, 0.05) is 11.5 Å². The Morgan fingerprint density at radius 2 is 2.25 bits per heavy atom. The Labute approximate surface area is 96.9 Å². The third-order valence-corrected chi connectivity index (χ3v) is 2.57. The van der Waals surface area contributed by atoms with Gasteiger partial charge in [0.1, 0.15) is 0 Å². The molecule has 1 unspecified atom stereocenters. The summed E-state index contributed by atoms with van der Waals surface area (Å²) < 4.78 is 0. The largest absolute Gasteiger partial charge is 0.757 e. The molecule has 1 aliphatic carbocycles. The number of hydrogen-bond acceptors (Lipinski definition) is 5. The van der Waals surface area contributed by atoms with E-state index in [0.29, 0.717) is 5.28 Å². The van der Waals surface area contributed by atoms with Crippen molar-refractivity contribution >= 4 is 0 Å². The number of allylic oxidation sites excluding steroid dienone is 2. The van der Waals surface area contributed by atoms with E-state index in [9.17, 15) is 5.21 Å². The molecule has 0 saturated heterocycles. The van der Waals surface area contributed by atoms with Crippen LogP contribution >= 0.6 is 0 Å². The van der Waals surface area contributed by atoms with Crippen molar-refractivity contribution in [2.75, 3.05) is 0 Å². The van der Waals surface area contributed by atoms with E-state index in [-0.39, 0.29) is 11.5 Å². The highest BCUT2D eigenvalue weighted by atomic mass is 16.6. The summed E-state index contributed by atoms with van der Waals surface area (Å²) in [7, 11) is 0. The van der Waals surface area contributed by atoms with Gasteiger partial charge in [0.2, 0.25) is 0 Å². The second-order valence-electron chi connectivity index (χ2n) is 4.90. The zero-order valence-corrected chi connectivity index (χ0v) is 10.2. The van der Waals surface area contributed by atoms with Gasteiger partial charge < -0.3 is 5.21 Å². The van der Waals surface area contributed by atoms with Crippen LogP contribution in [-0.4, -0.2) is 11.3 Å². The molecule has 5 nitrogen and oxygen atoms in total. The predicted molar refractivity (Wildman–Crippen MR) is 65.4 cm³/mol. The van der Waals surface area contributed by atoms with E-state index < -0.39 is 0 Å². The minimum Gasteiger partial charge on any atom is -0.757 e. The van der Waals surface area contributed by atoms with Crippen molar-refractivity contribution in [3.63, 3.8) is 0 Å². The first kappa shape index (κ1) is 13.3.